The Labute approximate surface area is 212 Å². The minimum Gasteiger partial charge on any atom is -0.396 e. The molecule has 35 heavy (non-hydrogen) atoms. The molecule has 1 fully saturated rings. The number of rotatable bonds is 8. The summed E-state index contributed by atoms with van der Waals surface area (Å²) >= 11 is 6.39. The van der Waals surface area contributed by atoms with Crippen LogP contribution in [0.15, 0.2) is 18.2 Å². The molecule has 8 nitrogen and oxygen atoms in total. The van der Waals surface area contributed by atoms with Crippen molar-refractivity contribution >= 4 is 21.6 Å². The van der Waals surface area contributed by atoms with Gasteiger partial charge in [-0.1, -0.05) is 29.5 Å². The van der Waals surface area contributed by atoms with Crippen LogP contribution in [0.1, 0.15) is 36.1 Å². The molecular formula is C25H33ClN4O4S. The lowest BCUT2D eigenvalue weighted by atomic mass is 10.0. The van der Waals surface area contributed by atoms with Crippen LogP contribution in [0, 0.1) is 11.8 Å². The van der Waals surface area contributed by atoms with Gasteiger partial charge < -0.3 is 9.84 Å². The molecule has 190 valence electrons. The summed E-state index contributed by atoms with van der Waals surface area (Å²) in [4.78, 5) is 2.41. The SMILES string of the molecule is CS(=O)(=O)N1CCc2c(c(-c3ccc(Cl)c(C#CCCCO)c3)nn2CCCN2CCOCC2)C1. The highest BCUT2D eigenvalue weighted by Crippen LogP contribution is 2.33. The third-order valence-electron chi connectivity index (χ3n) is 6.44. The smallest absolute Gasteiger partial charge is 0.211 e. The largest absolute Gasteiger partial charge is 0.396 e. The van der Waals surface area contributed by atoms with Crippen LogP contribution in [0.25, 0.3) is 11.3 Å². The zero-order valence-corrected chi connectivity index (χ0v) is 21.7. The van der Waals surface area contributed by atoms with Crippen molar-refractivity contribution in [1.82, 2.24) is 19.0 Å². The lowest BCUT2D eigenvalue weighted by molar-refractivity contribution is 0.0368. The molecule has 4 rings (SSSR count). The third-order valence-corrected chi connectivity index (χ3v) is 8.02. The topological polar surface area (TPSA) is 87.9 Å². The first kappa shape index (κ1) is 26.1. The molecule has 0 saturated carbocycles. The van der Waals surface area contributed by atoms with Crippen LogP contribution in [0.4, 0.5) is 0 Å². The van der Waals surface area contributed by atoms with Gasteiger partial charge in [0.2, 0.25) is 10.0 Å². The first-order valence-corrected chi connectivity index (χ1v) is 14.3. The monoisotopic (exact) mass is 520 g/mol. The summed E-state index contributed by atoms with van der Waals surface area (Å²) in [5.41, 5.74) is 4.42. The molecule has 0 unspecified atom stereocenters. The van der Waals surface area contributed by atoms with Crippen LogP contribution in [0.5, 0.6) is 0 Å². The van der Waals surface area contributed by atoms with Crippen molar-refractivity contribution in [3.63, 3.8) is 0 Å². The number of sulfonamides is 1. The van der Waals surface area contributed by atoms with Crippen LogP contribution >= 0.6 is 11.6 Å². The molecule has 3 heterocycles. The van der Waals surface area contributed by atoms with Crippen molar-refractivity contribution < 1.29 is 18.3 Å². The number of aliphatic hydroxyl groups excluding tert-OH is 1. The van der Waals surface area contributed by atoms with E-state index in [4.69, 9.17) is 26.5 Å². The van der Waals surface area contributed by atoms with E-state index in [2.05, 4.69) is 21.4 Å². The highest BCUT2D eigenvalue weighted by molar-refractivity contribution is 7.88. The van der Waals surface area contributed by atoms with Gasteiger partial charge in [0.05, 0.1) is 30.2 Å². The predicted molar refractivity (Wildman–Crippen MR) is 137 cm³/mol. The van der Waals surface area contributed by atoms with Gasteiger partial charge in [0.1, 0.15) is 0 Å². The van der Waals surface area contributed by atoms with Gasteiger partial charge in [-0.2, -0.15) is 9.40 Å². The number of ether oxygens (including phenoxy) is 1. The molecule has 0 atom stereocenters. The van der Waals surface area contributed by atoms with Crippen molar-refractivity contribution in [2.45, 2.75) is 38.8 Å². The fourth-order valence-corrected chi connectivity index (χ4v) is 5.48. The van der Waals surface area contributed by atoms with Crippen molar-refractivity contribution in [2.75, 3.05) is 52.3 Å². The van der Waals surface area contributed by atoms with Gasteiger partial charge in [-0.25, -0.2) is 8.42 Å². The second-order valence-corrected chi connectivity index (χ2v) is 11.4. The molecule has 1 saturated heterocycles. The average molecular weight is 521 g/mol. The molecule has 1 aromatic carbocycles. The molecule has 2 aromatic rings. The van der Waals surface area contributed by atoms with Gasteiger partial charge in [-0.3, -0.25) is 9.58 Å². The maximum Gasteiger partial charge on any atom is 0.211 e. The van der Waals surface area contributed by atoms with E-state index in [1.165, 1.54) is 10.6 Å². The van der Waals surface area contributed by atoms with Crippen LogP contribution in [0.2, 0.25) is 5.02 Å². The number of halogens is 1. The Morgan fingerprint density at radius 2 is 1.97 bits per heavy atom. The summed E-state index contributed by atoms with van der Waals surface area (Å²) in [6.07, 6.45) is 4.06. The normalized spacial score (nSPS) is 17.1. The van der Waals surface area contributed by atoms with Crippen LogP contribution < -0.4 is 0 Å². The molecule has 0 bridgehead atoms. The Hall–Kier alpha value is -1.93. The minimum atomic E-state index is -3.31. The molecular weight excluding hydrogens is 488 g/mol. The summed E-state index contributed by atoms with van der Waals surface area (Å²) < 4.78 is 33.6. The van der Waals surface area contributed by atoms with E-state index in [1.54, 1.807) is 0 Å². The molecule has 1 N–H and O–H groups in total. The second-order valence-electron chi connectivity index (χ2n) is 8.97. The number of aryl methyl sites for hydroxylation is 1. The highest BCUT2D eigenvalue weighted by Gasteiger charge is 2.29. The maximum atomic E-state index is 12.3. The number of benzene rings is 1. The molecule has 0 radical (unpaired) electrons. The van der Waals surface area contributed by atoms with Crippen LogP contribution in [-0.2, 0) is 34.3 Å². The Bertz CT molecular complexity index is 1200. The number of morpholine rings is 1. The highest BCUT2D eigenvalue weighted by atomic mass is 35.5. The summed E-state index contributed by atoms with van der Waals surface area (Å²) in [6, 6.07) is 5.66. The van der Waals surface area contributed by atoms with E-state index < -0.39 is 10.0 Å². The van der Waals surface area contributed by atoms with Crippen molar-refractivity contribution in [2.24, 2.45) is 0 Å². The van der Waals surface area contributed by atoms with Crippen molar-refractivity contribution in [3.8, 4) is 23.1 Å². The molecule has 0 amide bonds. The lowest BCUT2D eigenvalue weighted by Crippen LogP contribution is -2.37. The number of nitrogens with zero attached hydrogens (tertiary/aromatic N) is 4. The zero-order valence-electron chi connectivity index (χ0n) is 20.2. The fraction of sp³-hybridized carbons (Fsp3) is 0.560. The number of unbranched alkanes of at least 4 members (excludes halogenated alkanes) is 1. The van der Waals surface area contributed by atoms with E-state index in [9.17, 15) is 8.42 Å². The molecule has 1 aromatic heterocycles. The Balaban J connectivity index is 1.62. The molecule has 10 heteroatoms. The van der Waals surface area contributed by atoms with E-state index >= 15 is 0 Å². The minimum absolute atomic E-state index is 0.106. The quantitative estimate of drug-likeness (QED) is 0.425. The zero-order chi connectivity index (χ0) is 24.8. The summed E-state index contributed by atoms with van der Waals surface area (Å²) in [5.74, 6) is 6.15. The fourth-order valence-electron chi connectivity index (χ4n) is 4.53. The van der Waals surface area contributed by atoms with Crippen molar-refractivity contribution in [1.29, 1.82) is 0 Å². The molecule has 2 aliphatic heterocycles. The summed E-state index contributed by atoms with van der Waals surface area (Å²) in [6.45, 7) is 6.12. The Morgan fingerprint density at radius 3 is 2.71 bits per heavy atom. The molecule has 0 aliphatic carbocycles. The second kappa shape index (κ2) is 11.9. The van der Waals surface area contributed by atoms with Gasteiger partial charge in [0.15, 0.2) is 0 Å². The standard InChI is InChI=1S/C25H33ClN4O4S/c1-35(32,33)29-12-9-24-22(19-29)25(27-30(24)11-5-10-28-13-16-34-17-14-28)21-7-8-23(26)20(18-21)6-3-2-4-15-31/h7-8,18,31H,2,4-5,9-17,19H2,1H3. The van der Waals surface area contributed by atoms with Gasteiger partial charge in [0, 0.05) is 81.1 Å². The van der Waals surface area contributed by atoms with E-state index in [0.29, 0.717) is 42.9 Å². The van der Waals surface area contributed by atoms with Crippen LogP contribution in [-0.4, -0.2) is 84.8 Å². The summed E-state index contributed by atoms with van der Waals surface area (Å²) in [5, 5.41) is 14.5. The van der Waals surface area contributed by atoms with E-state index in [1.807, 2.05) is 18.2 Å². The Kier molecular flexibility index (Phi) is 8.87. The van der Waals surface area contributed by atoms with E-state index in [0.717, 1.165) is 68.3 Å². The Morgan fingerprint density at radius 1 is 1.17 bits per heavy atom. The molecule has 2 aliphatic rings. The van der Waals surface area contributed by atoms with Crippen molar-refractivity contribution in [3.05, 3.63) is 40.0 Å². The summed E-state index contributed by atoms with van der Waals surface area (Å²) in [7, 11) is -3.31. The third kappa shape index (κ3) is 6.64. The van der Waals surface area contributed by atoms with Gasteiger partial charge in [-0.15, -0.1) is 0 Å². The number of hydrogen-bond acceptors (Lipinski definition) is 6. The molecule has 0 spiro atoms. The number of aliphatic hydroxyl groups is 1. The van der Waals surface area contributed by atoms with Gasteiger partial charge >= 0.3 is 0 Å². The lowest BCUT2D eigenvalue weighted by Gasteiger charge is -2.27. The predicted octanol–water partition coefficient (Wildman–Crippen LogP) is 2.37. The van der Waals surface area contributed by atoms with E-state index in [-0.39, 0.29) is 6.61 Å². The average Bonchev–Trinajstić information content (AvgIpc) is 3.21. The number of hydrogen-bond donors (Lipinski definition) is 1. The van der Waals surface area contributed by atoms with Gasteiger partial charge in [0.25, 0.3) is 0 Å². The maximum absolute atomic E-state index is 12.3. The first-order chi connectivity index (χ1) is 16.9. The number of fused-ring (bicyclic) bond motifs is 1. The first-order valence-electron chi connectivity index (χ1n) is 12.1. The number of aromatic nitrogens is 2. The van der Waals surface area contributed by atoms with Crippen LogP contribution in [0.3, 0.4) is 0 Å². The van der Waals surface area contributed by atoms with Gasteiger partial charge in [-0.05, 0) is 25.0 Å².